The van der Waals surface area contributed by atoms with Crippen LogP contribution in [-0.2, 0) is 11.3 Å². The molecular formula is C18H21N5O2. The molecule has 0 radical (unpaired) electrons. The van der Waals surface area contributed by atoms with Crippen LogP contribution in [0.3, 0.4) is 0 Å². The third-order valence-corrected chi connectivity index (χ3v) is 5.32. The van der Waals surface area contributed by atoms with Gasteiger partial charge in [-0.05, 0) is 42.9 Å². The van der Waals surface area contributed by atoms with Crippen molar-refractivity contribution in [2.24, 2.45) is 11.8 Å². The molecule has 2 aliphatic rings. The molecule has 1 saturated heterocycles. The van der Waals surface area contributed by atoms with E-state index in [-0.39, 0.29) is 23.9 Å². The number of pyridine rings is 1. The molecule has 2 bridgehead atoms. The molecule has 7 heteroatoms. The number of hydrazine groups is 1. The zero-order valence-corrected chi connectivity index (χ0v) is 13.8. The standard InChI is InChI=1S/C18H21N5O2/c19-22-17(24)16-13-5-6-14(8-13)23(16)18(25)21-10-11-7-12-3-1-2-4-15(12)20-9-11/h1-4,7,9,13-14,16H,5-6,8,10,19H2,(H,21,25)(H,22,24)/t13-,14+,16-/m0/s1. The fraction of sp³-hybridized carbons (Fsp3) is 0.389. The maximum Gasteiger partial charge on any atom is 0.318 e. The maximum atomic E-state index is 12.7. The SMILES string of the molecule is NNC(=O)[C@@H]1[C@H]2CC[C@H](C2)N1C(=O)NCc1cnc2ccccc2c1. The van der Waals surface area contributed by atoms with E-state index < -0.39 is 6.04 Å². The second-order valence-corrected chi connectivity index (χ2v) is 6.78. The number of nitrogens with two attached hydrogens (primary N) is 1. The Hall–Kier alpha value is -2.67. The summed E-state index contributed by atoms with van der Waals surface area (Å²) < 4.78 is 0. The lowest BCUT2D eigenvalue weighted by Gasteiger charge is -2.33. The van der Waals surface area contributed by atoms with Crippen molar-refractivity contribution in [3.05, 3.63) is 42.1 Å². The predicted octanol–water partition coefficient (Wildman–Crippen LogP) is 1.29. The molecule has 1 aromatic carbocycles. The molecule has 7 nitrogen and oxygen atoms in total. The Morgan fingerprint density at radius 3 is 2.96 bits per heavy atom. The highest BCUT2D eigenvalue weighted by Crippen LogP contribution is 2.42. The summed E-state index contributed by atoms with van der Waals surface area (Å²) in [6, 6.07) is 9.33. The van der Waals surface area contributed by atoms with E-state index in [1.807, 2.05) is 30.3 Å². The third-order valence-electron chi connectivity index (χ3n) is 5.32. The van der Waals surface area contributed by atoms with E-state index in [4.69, 9.17) is 5.84 Å². The van der Waals surface area contributed by atoms with Crippen LogP contribution in [0.4, 0.5) is 4.79 Å². The predicted molar refractivity (Wildman–Crippen MR) is 93.1 cm³/mol. The number of amides is 3. The molecule has 1 aliphatic carbocycles. The van der Waals surface area contributed by atoms with Crippen molar-refractivity contribution in [1.82, 2.24) is 20.6 Å². The van der Waals surface area contributed by atoms with Crippen molar-refractivity contribution in [3.63, 3.8) is 0 Å². The van der Waals surface area contributed by atoms with Gasteiger partial charge < -0.3 is 10.2 Å². The number of benzene rings is 1. The van der Waals surface area contributed by atoms with Gasteiger partial charge in [0.1, 0.15) is 6.04 Å². The molecule has 0 unspecified atom stereocenters. The second kappa shape index (κ2) is 6.33. The van der Waals surface area contributed by atoms with Gasteiger partial charge in [-0.25, -0.2) is 10.6 Å². The summed E-state index contributed by atoms with van der Waals surface area (Å²) in [6.07, 6.45) is 4.57. The molecule has 0 spiro atoms. The van der Waals surface area contributed by atoms with Crippen LogP contribution in [0, 0.1) is 5.92 Å². The number of carbonyl (C=O) groups is 2. The van der Waals surface area contributed by atoms with Gasteiger partial charge in [0.05, 0.1) is 5.52 Å². The van der Waals surface area contributed by atoms with E-state index >= 15 is 0 Å². The summed E-state index contributed by atoms with van der Waals surface area (Å²) in [6.45, 7) is 0.377. The molecule has 4 rings (SSSR count). The highest BCUT2D eigenvalue weighted by Gasteiger charge is 2.51. The first kappa shape index (κ1) is 15.8. The number of likely N-dealkylation sites (tertiary alicyclic amines) is 1. The van der Waals surface area contributed by atoms with Gasteiger partial charge in [0.25, 0.3) is 5.91 Å². The average Bonchev–Trinajstić information content (AvgIpc) is 3.26. The zero-order valence-electron chi connectivity index (χ0n) is 13.8. The third kappa shape index (κ3) is 2.80. The summed E-state index contributed by atoms with van der Waals surface area (Å²) in [5.74, 6) is 5.22. The fourth-order valence-corrected chi connectivity index (χ4v) is 4.19. The molecule has 2 fully saturated rings. The number of hydrogen-bond acceptors (Lipinski definition) is 4. The number of aromatic nitrogens is 1. The summed E-state index contributed by atoms with van der Waals surface area (Å²) in [5, 5.41) is 3.96. The number of hydrogen-bond donors (Lipinski definition) is 3. The van der Waals surface area contributed by atoms with Gasteiger partial charge in [-0.15, -0.1) is 0 Å². The van der Waals surface area contributed by atoms with Gasteiger partial charge in [0.2, 0.25) is 0 Å². The van der Waals surface area contributed by atoms with E-state index in [0.29, 0.717) is 6.54 Å². The van der Waals surface area contributed by atoms with Crippen molar-refractivity contribution in [1.29, 1.82) is 0 Å². The molecule has 2 aromatic rings. The van der Waals surface area contributed by atoms with Crippen LogP contribution in [0.1, 0.15) is 24.8 Å². The largest absolute Gasteiger partial charge is 0.334 e. The minimum Gasteiger partial charge on any atom is -0.334 e. The summed E-state index contributed by atoms with van der Waals surface area (Å²) >= 11 is 0. The number of fused-ring (bicyclic) bond motifs is 3. The average molecular weight is 339 g/mol. The number of para-hydroxylation sites is 1. The quantitative estimate of drug-likeness (QED) is 0.445. The topological polar surface area (TPSA) is 100 Å². The van der Waals surface area contributed by atoms with Crippen LogP contribution in [0.15, 0.2) is 36.5 Å². The van der Waals surface area contributed by atoms with Crippen molar-refractivity contribution >= 4 is 22.8 Å². The first-order valence-electron chi connectivity index (χ1n) is 8.57. The van der Waals surface area contributed by atoms with E-state index in [1.165, 1.54) is 0 Å². The lowest BCUT2D eigenvalue weighted by Crippen LogP contribution is -2.56. The minimum atomic E-state index is -0.460. The van der Waals surface area contributed by atoms with Crippen LogP contribution < -0.4 is 16.6 Å². The number of rotatable bonds is 3. The first-order valence-corrected chi connectivity index (χ1v) is 8.57. The van der Waals surface area contributed by atoms with E-state index in [0.717, 1.165) is 35.7 Å². The Bertz CT molecular complexity index is 824. The lowest BCUT2D eigenvalue weighted by molar-refractivity contribution is -0.126. The normalized spacial score (nSPS) is 24.5. The van der Waals surface area contributed by atoms with Crippen LogP contribution in [0.2, 0.25) is 0 Å². The van der Waals surface area contributed by atoms with Gasteiger partial charge in [-0.1, -0.05) is 18.2 Å². The van der Waals surface area contributed by atoms with Crippen molar-refractivity contribution < 1.29 is 9.59 Å². The Balaban J connectivity index is 1.46. The Morgan fingerprint density at radius 1 is 1.28 bits per heavy atom. The molecule has 130 valence electrons. The highest BCUT2D eigenvalue weighted by atomic mass is 16.2. The van der Waals surface area contributed by atoms with Gasteiger partial charge in [0.15, 0.2) is 0 Å². The fourth-order valence-electron chi connectivity index (χ4n) is 4.19. The van der Waals surface area contributed by atoms with Gasteiger partial charge >= 0.3 is 6.03 Å². The van der Waals surface area contributed by atoms with E-state index in [1.54, 1.807) is 11.1 Å². The Kier molecular flexibility index (Phi) is 4.01. The number of piperidine rings is 1. The van der Waals surface area contributed by atoms with Crippen molar-refractivity contribution in [2.45, 2.75) is 37.9 Å². The molecule has 1 saturated carbocycles. The van der Waals surface area contributed by atoms with E-state index in [2.05, 4.69) is 15.7 Å². The number of urea groups is 1. The monoisotopic (exact) mass is 339 g/mol. The number of nitrogens with zero attached hydrogens (tertiary/aromatic N) is 2. The second-order valence-electron chi connectivity index (χ2n) is 6.78. The van der Waals surface area contributed by atoms with Crippen molar-refractivity contribution in [2.75, 3.05) is 0 Å². The number of carbonyl (C=O) groups excluding carboxylic acids is 2. The van der Waals surface area contributed by atoms with E-state index in [9.17, 15) is 9.59 Å². The minimum absolute atomic E-state index is 0.127. The molecular weight excluding hydrogens is 318 g/mol. The van der Waals surface area contributed by atoms with Gasteiger partial charge in [0, 0.05) is 24.2 Å². The highest BCUT2D eigenvalue weighted by molar-refractivity contribution is 5.88. The maximum absolute atomic E-state index is 12.7. The van der Waals surface area contributed by atoms with Gasteiger partial charge in [-0.3, -0.25) is 15.2 Å². The number of nitrogens with one attached hydrogen (secondary N) is 2. The first-order chi connectivity index (χ1) is 12.2. The molecule has 2 heterocycles. The summed E-state index contributed by atoms with van der Waals surface area (Å²) in [4.78, 5) is 30.8. The van der Waals surface area contributed by atoms with Crippen LogP contribution >= 0.6 is 0 Å². The molecule has 4 N–H and O–H groups in total. The molecule has 25 heavy (non-hydrogen) atoms. The summed E-state index contributed by atoms with van der Waals surface area (Å²) in [7, 11) is 0. The van der Waals surface area contributed by atoms with Crippen LogP contribution in [0.25, 0.3) is 10.9 Å². The lowest BCUT2D eigenvalue weighted by atomic mass is 9.98. The van der Waals surface area contributed by atoms with Crippen LogP contribution in [-0.4, -0.2) is 33.9 Å². The molecule has 3 atom stereocenters. The van der Waals surface area contributed by atoms with Crippen molar-refractivity contribution in [3.8, 4) is 0 Å². The Morgan fingerprint density at radius 2 is 2.12 bits per heavy atom. The Labute approximate surface area is 145 Å². The molecule has 1 aliphatic heterocycles. The summed E-state index contributed by atoms with van der Waals surface area (Å²) in [5.41, 5.74) is 4.05. The zero-order chi connectivity index (χ0) is 17.4. The smallest absolute Gasteiger partial charge is 0.318 e. The molecule has 3 amide bonds. The molecule has 1 aromatic heterocycles. The van der Waals surface area contributed by atoms with Crippen LogP contribution in [0.5, 0.6) is 0 Å². The van der Waals surface area contributed by atoms with Gasteiger partial charge in [-0.2, -0.15) is 0 Å².